The molecule has 0 radical (unpaired) electrons. The third-order valence-electron chi connectivity index (χ3n) is 4.70. The molecule has 1 N–H and O–H groups in total. The summed E-state index contributed by atoms with van der Waals surface area (Å²) < 4.78 is 16.1. The molecule has 1 aliphatic heterocycles. The highest BCUT2D eigenvalue weighted by molar-refractivity contribution is 5.94. The Bertz CT molecular complexity index is 734. The van der Waals surface area contributed by atoms with Gasteiger partial charge in [-0.15, -0.1) is 0 Å². The highest BCUT2D eigenvalue weighted by Crippen LogP contribution is 2.21. The lowest BCUT2D eigenvalue weighted by molar-refractivity contribution is 0.0905. The Morgan fingerprint density at radius 1 is 1.27 bits per heavy atom. The third-order valence-corrected chi connectivity index (χ3v) is 4.70. The third kappa shape index (κ3) is 4.35. The Balaban J connectivity index is 1.63. The summed E-state index contributed by atoms with van der Waals surface area (Å²) in [5.41, 5.74) is 0.973. The number of nitrogens with zero attached hydrogens (tertiary/aromatic N) is 2. The summed E-state index contributed by atoms with van der Waals surface area (Å²) in [5.74, 6) is 1.83. The molecule has 1 fully saturated rings. The van der Waals surface area contributed by atoms with Crippen LogP contribution < -0.4 is 14.8 Å². The van der Waals surface area contributed by atoms with E-state index in [1.807, 2.05) is 24.3 Å². The Morgan fingerprint density at radius 2 is 1.92 bits per heavy atom. The first kappa shape index (κ1) is 18.3. The maximum absolute atomic E-state index is 12.6. The van der Waals surface area contributed by atoms with E-state index in [2.05, 4.69) is 22.4 Å². The second kappa shape index (κ2) is 8.23. The fourth-order valence-corrected chi connectivity index (χ4v) is 2.97. The molecule has 1 aromatic heterocycles. The Kier molecular flexibility index (Phi) is 5.78. The lowest BCUT2D eigenvalue weighted by atomic mass is 10.1. The topological polar surface area (TPSA) is 76.8 Å². The number of methoxy groups -OCH3 is 1. The van der Waals surface area contributed by atoms with Crippen LogP contribution in [0.25, 0.3) is 0 Å². The summed E-state index contributed by atoms with van der Waals surface area (Å²) in [6.45, 7) is 3.97. The van der Waals surface area contributed by atoms with Crippen LogP contribution in [-0.2, 0) is 6.61 Å². The molecule has 1 amide bonds. The molecule has 0 unspecified atom stereocenters. The van der Waals surface area contributed by atoms with Crippen molar-refractivity contribution in [1.82, 2.24) is 15.4 Å². The summed E-state index contributed by atoms with van der Waals surface area (Å²) in [6, 6.07) is 7.46. The zero-order chi connectivity index (χ0) is 18.5. The van der Waals surface area contributed by atoms with Gasteiger partial charge in [0.15, 0.2) is 5.69 Å². The average Bonchev–Trinajstić information content (AvgIpc) is 3.03. The van der Waals surface area contributed by atoms with Gasteiger partial charge in [-0.25, -0.2) is 0 Å². The summed E-state index contributed by atoms with van der Waals surface area (Å²) in [6.07, 6.45) is 1.88. The molecule has 7 nitrogen and oxygen atoms in total. The minimum Gasteiger partial charge on any atom is -0.497 e. The van der Waals surface area contributed by atoms with Gasteiger partial charge in [0.2, 0.25) is 0 Å². The van der Waals surface area contributed by atoms with E-state index in [0.29, 0.717) is 22.8 Å². The number of amides is 1. The van der Waals surface area contributed by atoms with Gasteiger partial charge < -0.3 is 24.2 Å². The van der Waals surface area contributed by atoms with E-state index >= 15 is 0 Å². The van der Waals surface area contributed by atoms with Crippen LogP contribution in [0.2, 0.25) is 0 Å². The van der Waals surface area contributed by atoms with Gasteiger partial charge in [0.05, 0.1) is 12.7 Å². The first-order valence-electron chi connectivity index (χ1n) is 8.78. The van der Waals surface area contributed by atoms with Gasteiger partial charge in [-0.1, -0.05) is 5.16 Å². The van der Waals surface area contributed by atoms with Crippen molar-refractivity contribution in [3.8, 4) is 11.5 Å². The summed E-state index contributed by atoms with van der Waals surface area (Å²) in [7, 11) is 3.71. The minimum atomic E-state index is -0.204. The van der Waals surface area contributed by atoms with E-state index < -0.39 is 0 Å². The molecule has 2 heterocycles. The number of ether oxygens (including phenoxy) is 2. The van der Waals surface area contributed by atoms with E-state index in [-0.39, 0.29) is 18.6 Å². The smallest absolute Gasteiger partial charge is 0.274 e. The van der Waals surface area contributed by atoms with Crippen molar-refractivity contribution in [3.05, 3.63) is 41.3 Å². The Labute approximate surface area is 153 Å². The first-order valence-corrected chi connectivity index (χ1v) is 8.78. The number of rotatable bonds is 6. The Morgan fingerprint density at radius 3 is 2.58 bits per heavy atom. The van der Waals surface area contributed by atoms with E-state index in [9.17, 15) is 4.79 Å². The normalized spacial score (nSPS) is 15.7. The van der Waals surface area contributed by atoms with Gasteiger partial charge >= 0.3 is 0 Å². The summed E-state index contributed by atoms with van der Waals surface area (Å²) in [5, 5.41) is 7.00. The van der Waals surface area contributed by atoms with Crippen LogP contribution in [0.4, 0.5) is 0 Å². The lowest BCUT2D eigenvalue weighted by Crippen LogP contribution is -2.43. The second-order valence-electron chi connectivity index (χ2n) is 6.58. The number of piperidine rings is 1. The number of likely N-dealkylation sites (tertiary alicyclic amines) is 1. The van der Waals surface area contributed by atoms with Gasteiger partial charge in [-0.2, -0.15) is 0 Å². The molecule has 2 aromatic rings. The predicted molar refractivity (Wildman–Crippen MR) is 96.6 cm³/mol. The molecule has 0 saturated carbocycles. The molecule has 0 aliphatic carbocycles. The number of carbonyl (C=O) groups excluding carboxylic acids is 1. The molecule has 0 atom stereocenters. The fourth-order valence-electron chi connectivity index (χ4n) is 2.97. The van der Waals surface area contributed by atoms with Gasteiger partial charge in [-0.3, -0.25) is 4.79 Å². The number of hydrogen-bond acceptors (Lipinski definition) is 6. The monoisotopic (exact) mass is 359 g/mol. The van der Waals surface area contributed by atoms with Gasteiger partial charge in [0.1, 0.15) is 23.9 Å². The predicted octanol–water partition coefficient (Wildman–Crippen LogP) is 2.39. The summed E-state index contributed by atoms with van der Waals surface area (Å²) >= 11 is 0. The zero-order valence-corrected chi connectivity index (χ0v) is 15.4. The number of aryl methyl sites for hydroxylation is 1. The van der Waals surface area contributed by atoms with Crippen molar-refractivity contribution in [3.63, 3.8) is 0 Å². The van der Waals surface area contributed by atoms with Crippen LogP contribution in [0, 0.1) is 6.92 Å². The molecular weight excluding hydrogens is 334 g/mol. The van der Waals surface area contributed by atoms with Crippen LogP contribution in [0.1, 0.15) is 34.7 Å². The molecule has 140 valence electrons. The molecule has 1 aromatic carbocycles. The van der Waals surface area contributed by atoms with Crippen molar-refractivity contribution < 1.29 is 18.8 Å². The molecule has 0 bridgehead atoms. The molecule has 26 heavy (non-hydrogen) atoms. The molecule has 1 saturated heterocycles. The van der Waals surface area contributed by atoms with Crippen molar-refractivity contribution in [2.45, 2.75) is 32.4 Å². The van der Waals surface area contributed by atoms with Crippen LogP contribution in [-0.4, -0.2) is 49.3 Å². The molecule has 3 rings (SSSR count). The van der Waals surface area contributed by atoms with Crippen molar-refractivity contribution in [1.29, 1.82) is 0 Å². The first-order chi connectivity index (χ1) is 12.6. The van der Waals surface area contributed by atoms with Crippen LogP contribution in [0.3, 0.4) is 0 Å². The maximum atomic E-state index is 12.6. The van der Waals surface area contributed by atoms with Crippen molar-refractivity contribution in [2.75, 3.05) is 27.2 Å². The SMILES string of the molecule is COc1ccc(OCc2c(C(=O)NC3CCN(C)CC3)noc2C)cc1. The number of nitrogens with one attached hydrogen (secondary N) is 1. The zero-order valence-electron chi connectivity index (χ0n) is 15.4. The minimum absolute atomic E-state index is 0.172. The Hall–Kier alpha value is -2.54. The van der Waals surface area contributed by atoms with Crippen LogP contribution in [0.15, 0.2) is 28.8 Å². The number of benzene rings is 1. The largest absolute Gasteiger partial charge is 0.497 e. The van der Waals surface area contributed by atoms with E-state index in [0.717, 1.165) is 31.7 Å². The maximum Gasteiger partial charge on any atom is 0.274 e. The van der Waals surface area contributed by atoms with E-state index in [1.165, 1.54) is 0 Å². The number of hydrogen-bond donors (Lipinski definition) is 1. The lowest BCUT2D eigenvalue weighted by Gasteiger charge is -2.29. The van der Waals surface area contributed by atoms with Gasteiger partial charge in [0.25, 0.3) is 5.91 Å². The average molecular weight is 359 g/mol. The second-order valence-corrected chi connectivity index (χ2v) is 6.58. The number of aromatic nitrogens is 1. The van der Waals surface area contributed by atoms with E-state index in [4.69, 9.17) is 14.0 Å². The van der Waals surface area contributed by atoms with Gasteiger partial charge in [-0.05, 0) is 64.2 Å². The molecule has 1 aliphatic rings. The molecule has 0 spiro atoms. The molecule has 7 heteroatoms. The quantitative estimate of drug-likeness (QED) is 0.853. The van der Waals surface area contributed by atoms with Crippen molar-refractivity contribution >= 4 is 5.91 Å². The van der Waals surface area contributed by atoms with Crippen LogP contribution >= 0.6 is 0 Å². The fraction of sp³-hybridized carbons (Fsp3) is 0.474. The van der Waals surface area contributed by atoms with Crippen molar-refractivity contribution in [2.24, 2.45) is 0 Å². The highest BCUT2D eigenvalue weighted by Gasteiger charge is 2.24. The molecular formula is C19H25N3O4. The number of carbonyl (C=O) groups is 1. The van der Waals surface area contributed by atoms with Crippen LogP contribution in [0.5, 0.6) is 11.5 Å². The highest BCUT2D eigenvalue weighted by atomic mass is 16.5. The van der Waals surface area contributed by atoms with Gasteiger partial charge in [0, 0.05) is 6.04 Å². The standard InChI is InChI=1S/C19H25N3O4/c1-13-17(12-25-16-6-4-15(24-3)5-7-16)18(21-26-13)19(23)20-14-8-10-22(2)11-9-14/h4-7,14H,8-12H2,1-3H3,(H,20,23). The van der Waals surface area contributed by atoms with E-state index in [1.54, 1.807) is 14.0 Å². The summed E-state index contributed by atoms with van der Waals surface area (Å²) in [4.78, 5) is 14.9.